The largest absolute Gasteiger partial charge is 0.489 e. The van der Waals surface area contributed by atoms with Crippen molar-refractivity contribution in [3.8, 4) is 5.75 Å². The summed E-state index contributed by atoms with van der Waals surface area (Å²) >= 11 is 6.30. The van der Waals surface area contributed by atoms with E-state index in [4.69, 9.17) is 21.1 Å². The van der Waals surface area contributed by atoms with Crippen molar-refractivity contribution in [2.24, 2.45) is 5.92 Å². The molecule has 27 heavy (non-hydrogen) atoms. The Balaban J connectivity index is 1.51. The van der Waals surface area contributed by atoms with E-state index in [1.807, 2.05) is 0 Å². The summed E-state index contributed by atoms with van der Waals surface area (Å²) in [5, 5.41) is 6.04. The first-order chi connectivity index (χ1) is 13.0. The molecule has 2 fully saturated rings. The van der Waals surface area contributed by atoms with Gasteiger partial charge < -0.3 is 20.1 Å². The first-order valence-electron chi connectivity index (χ1n) is 9.68. The van der Waals surface area contributed by atoms with E-state index in [0.717, 1.165) is 12.8 Å². The van der Waals surface area contributed by atoms with Crippen LogP contribution in [-0.2, 0) is 14.3 Å². The Bertz CT molecular complexity index is 670. The zero-order valence-electron chi connectivity index (χ0n) is 15.6. The molecule has 1 heterocycles. The highest BCUT2D eigenvalue weighted by Crippen LogP contribution is 2.31. The molecule has 1 aliphatic heterocycles. The summed E-state index contributed by atoms with van der Waals surface area (Å²) in [6.45, 7) is 2.85. The molecular weight excluding hydrogens is 368 g/mol. The zero-order chi connectivity index (χ0) is 19.2. The number of rotatable bonds is 6. The summed E-state index contributed by atoms with van der Waals surface area (Å²) in [4.78, 5) is 24.6. The molecular formula is C20H27ClN2O4. The van der Waals surface area contributed by atoms with Crippen molar-refractivity contribution in [2.45, 2.75) is 57.6 Å². The summed E-state index contributed by atoms with van der Waals surface area (Å²) in [7, 11) is 0. The van der Waals surface area contributed by atoms with Crippen molar-refractivity contribution in [1.29, 1.82) is 0 Å². The molecule has 0 aromatic heterocycles. The van der Waals surface area contributed by atoms with Gasteiger partial charge in [-0.05, 0) is 63.6 Å². The van der Waals surface area contributed by atoms with Gasteiger partial charge in [-0.1, -0.05) is 11.6 Å². The molecule has 6 nitrogen and oxygen atoms in total. The van der Waals surface area contributed by atoms with Gasteiger partial charge in [0, 0.05) is 24.8 Å². The number of hydrogen-bond donors (Lipinski definition) is 2. The Morgan fingerprint density at radius 2 is 1.89 bits per heavy atom. The van der Waals surface area contributed by atoms with Crippen molar-refractivity contribution >= 4 is 29.1 Å². The van der Waals surface area contributed by atoms with E-state index in [-0.39, 0.29) is 23.8 Å². The third-order valence-electron chi connectivity index (χ3n) is 5.14. The molecule has 2 aliphatic rings. The van der Waals surface area contributed by atoms with Gasteiger partial charge in [0.2, 0.25) is 11.8 Å². The lowest BCUT2D eigenvalue weighted by Crippen LogP contribution is -2.45. The van der Waals surface area contributed by atoms with Crippen molar-refractivity contribution in [1.82, 2.24) is 5.32 Å². The van der Waals surface area contributed by atoms with Gasteiger partial charge in [0.1, 0.15) is 11.8 Å². The van der Waals surface area contributed by atoms with E-state index in [1.165, 1.54) is 12.8 Å². The fourth-order valence-corrected chi connectivity index (χ4v) is 3.69. The zero-order valence-corrected chi connectivity index (χ0v) is 16.4. The van der Waals surface area contributed by atoms with Gasteiger partial charge in [0.25, 0.3) is 0 Å². The number of nitrogens with one attached hydrogen (secondary N) is 2. The molecule has 3 rings (SSSR count). The molecule has 1 aromatic rings. The molecule has 7 heteroatoms. The number of anilines is 1. The van der Waals surface area contributed by atoms with Crippen LogP contribution < -0.4 is 15.4 Å². The van der Waals surface area contributed by atoms with Crippen molar-refractivity contribution in [2.75, 3.05) is 18.5 Å². The van der Waals surface area contributed by atoms with E-state index in [9.17, 15) is 9.59 Å². The topological polar surface area (TPSA) is 76.7 Å². The standard InChI is InChI=1S/C20H27ClN2O4/c1-13(22-20(25)14-8-10-26-11-9-14)19(24)23-15-6-7-18(17(21)12-15)27-16-4-2-3-5-16/h6-7,12-14,16H,2-5,8-11H2,1H3,(H,22,25)(H,23,24)/t13-/m1/s1. The number of benzene rings is 1. The molecule has 1 aromatic carbocycles. The van der Waals surface area contributed by atoms with Crippen LogP contribution in [-0.4, -0.2) is 37.2 Å². The van der Waals surface area contributed by atoms with E-state index in [2.05, 4.69) is 10.6 Å². The lowest BCUT2D eigenvalue weighted by Gasteiger charge is -2.23. The predicted octanol–water partition coefficient (Wildman–Crippen LogP) is 3.53. The first-order valence-corrected chi connectivity index (χ1v) is 10.1. The van der Waals surface area contributed by atoms with Crippen molar-refractivity contribution in [3.05, 3.63) is 23.2 Å². The maximum atomic E-state index is 12.4. The van der Waals surface area contributed by atoms with Gasteiger partial charge in [0.05, 0.1) is 11.1 Å². The molecule has 2 amide bonds. The minimum absolute atomic E-state index is 0.0875. The molecule has 148 valence electrons. The van der Waals surface area contributed by atoms with Gasteiger partial charge in [-0.25, -0.2) is 0 Å². The van der Waals surface area contributed by atoms with Crippen molar-refractivity contribution in [3.63, 3.8) is 0 Å². The second kappa shape index (κ2) is 9.42. The maximum absolute atomic E-state index is 12.4. The molecule has 0 radical (unpaired) electrons. The van der Waals surface area contributed by atoms with Crippen LogP contribution >= 0.6 is 11.6 Å². The molecule has 0 bridgehead atoms. The third-order valence-corrected chi connectivity index (χ3v) is 5.43. The maximum Gasteiger partial charge on any atom is 0.246 e. The second-order valence-electron chi connectivity index (χ2n) is 7.28. The van der Waals surface area contributed by atoms with Gasteiger partial charge >= 0.3 is 0 Å². The highest BCUT2D eigenvalue weighted by molar-refractivity contribution is 6.32. The SMILES string of the molecule is C[C@@H](NC(=O)C1CCOCC1)C(=O)Nc1ccc(OC2CCCC2)c(Cl)c1. The molecule has 1 aliphatic carbocycles. The molecule has 1 saturated heterocycles. The van der Waals surface area contributed by atoms with Gasteiger partial charge in [0.15, 0.2) is 0 Å². The summed E-state index contributed by atoms with van der Waals surface area (Å²) in [6.07, 6.45) is 6.10. The molecule has 2 N–H and O–H groups in total. The summed E-state index contributed by atoms with van der Waals surface area (Å²) in [5.41, 5.74) is 0.580. The lowest BCUT2D eigenvalue weighted by atomic mass is 9.99. The van der Waals surface area contributed by atoms with Crippen LogP contribution in [0, 0.1) is 5.92 Å². The number of ether oxygens (including phenoxy) is 2. The molecule has 0 spiro atoms. The smallest absolute Gasteiger partial charge is 0.246 e. The third kappa shape index (κ3) is 5.59. The Morgan fingerprint density at radius 1 is 1.19 bits per heavy atom. The van der Waals surface area contributed by atoms with Crippen LogP contribution in [0.1, 0.15) is 45.4 Å². The predicted molar refractivity (Wildman–Crippen MR) is 104 cm³/mol. The normalized spacial score (nSPS) is 19.5. The number of carbonyl (C=O) groups excluding carboxylic acids is 2. The second-order valence-corrected chi connectivity index (χ2v) is 7.68. The van der Waals surface area contributed by atoms with Gasteiger partial charge in [-0.15, -0.1) is 0 Å². The van der Waals surface area contributed by atoms with Crippen LogP contribution in [0.5, 0.6) is 5.75 Å². The van der Waals surface area contributed by atoms with E-state index in [1.54, 1.807) is 25.1 Å². The quantitative estimate of drug-likeness (QED) is 0.773. The fourth-order valence-electron chi connectivity index (χ4n) is 3.47. The monoisotopic (exact) mass is 394 g/mol. The summed E-state index contributed by atoms with van der Waals surface area (Å²) in [5.74, 6) is 0.174. The number of hydrogen-bond acceptors (Lipinski definition) is 4. The number of halogens is 1. The molecule has 0 unspecified atom stereocenters. The lowest BCUT2D eigenvalue weighted by molar-refractivity contribution is -0.131. The minimum atomic E-state index is -0.631. The first kappa shape index (κ1) is 20.0. The van der Waals surface area contributed by atoms with Crippen LogP contribution in [0.3, 0.4) is 0 Å². The van der Waals surface area contributed by atoms with Crippen LogP contribution in [0.15, 0.2) is 18.2 Å². The van der Waals surface area contributed by atoms with E-state index < -0.39 is 6.04 Å². The Morgan fingerprint density at radius 3 is 2.56 bits per heavy atom. The molecule has 1 saturated carbocycles. The van der Waals surface area contributed by atoms with Gasteiger partial charge in [-0.3, -0.25) is 9.59 Å². The van der Waals surface area contributed by atoms with E-state index in [0.29, 0.717) is 42.5 Å². The highest BCUT2D eigenvalue weighted by Gasteiger charge is 2.25. The molecule has 1 atom stereocenters. The number of carbonyl (C=O) groups is 2. The summed E-state index contributed by atoms with van der Waals surface area (Å²) in [6, 6.07) is 4.59. The average molecular weight is 395 g/mol. The van der Waals surface area contributed by atoms with Gasteiger partial charge in [-0.2, -0.15) is 0 Å². The van der Waals surface area contributed by atoms with E-state index >= 15 is 0 Å². The fraction of sp³-hybridized carbons (Fsp3) is 0.600. The Hall–Kier alpha value is -1.79. The van der Waals surface area contributed by atoms with Crippen LogP contribution in [0.25, 0.3) is 0 Å². The Labute approximate surface area is 164 Å². The van der Waals surface area contributed by atoms with Crippen molar-refractivity contribution < 1.29 is 19.1 Å². The number of amides is 2. The highest BCUT2D eigenvalue weighted by atomic mass is 35.5. The summed E-state index contributed by atoms with van der Waals surface area (Å²) < 4.78 is 11.2. The minimum Gasteiger partial charge on any atom is -0.489 e. The van der Waals surface area contributed by atoms with Crippen LogP contribution in [0.2, 0.25) is 5.02 Å². The Kier molecular flexibility index (Phi) is 6.96. The average Bonchev–Trinajstić information content (AvgIpc) is 3.17. The van der Waals surface area contributed by atoms with Crippen LogP contribution in [0.4, 0.5) is 5.69 Å².